The molecule has 0 aliphatic heterocycles. The van der Waals surface area contributed by atoms with Gasteiger partial charge in [-0.2, -0.15) is 0 Å². The topological polar surface area (TPSA) is 76.4 Å². The summed E-state index contributed by atoms with van der Waals surface area (Å²) in [6, 6.07) is 0. The minimum absolute atomic E-state index is 0. The smallest absolute Gasteiger partial charge is 0.191 e. The highest BCUT2D eigenvalue weighted by atomic mass is 127. The number of nitrogens with one attached hydrogen (secondary N) is 2. The molecule has 1 aliphatic rings. The average Bonchev–Trinajstić information content (AvgIpc) is 3.31. The molecule has 2 rings (SSSR count). The lowest BCUT2D eigenvalue weighted by Gasteiger charge is -2.18. The second kappa shape index (κ2) is 11.7. The first-order chi connectivity index (χ1) is 12.1. The van der Waals surface area contributed by atoms with Crippen molar-refractivity contribution < 1.29 is 4.74 Å². The van der Waals surface area contributed by atoms with E-state index < -0.39 is 0 Å². The Labute approximate surface area is 174 Å². The van der Waals surface area contributed by atoms with Crippen molar-refractivity contribution in [1.82, 2.24) is 25.4 Å². The molecule has 1 aliphatic carbocycles. The molecule has 1 aromatic rings. The van der Waals surface area contributed by atoms with E-state index in [4.69, 9.17) is 9.73 Å². The number of aromatic nitrogens is 3. The maximum atomic E-state index is 5.52. The molecule has 1 aromatic heterocycles. The molecule has 7 nitrogen and oxygen atoms in total. The number of guanidine groups is 1. The van der Waals surface area contributed by atoms with E-state index in [2.05, 4.69) is 34.7 Å². The molecule has 8 heteroatoms. The molecule has 0 unspecified atom stereocenters. The summed E-state index contributed by atoms with van der Waals surface area (Å²) >= 11 is 0. The van der Waals surface area contributed by atoms with Crippen LogP contribution in [0.25, 0.3) is 0 Å². The number of halogens is 1. The van der Waals surface area contributed by atoms with Crippen molar-refractivity contribution in [2.75, 3.05) is 26.3 Å². The van der Waals surface area contributed by atoms with Gasteiger partial charge in [-0.15, -0.1) is 34.2 Å². The molecule has 0 saturated heterocycles. The van der Waals surface area contributed by atoms with Crippen LogP contribution < -0.4 is 10.6 Å². The van der Waals surface area contributed by atoms with E-state index in [0.717, 1.165) is 56.8 Å². The summed E-state index contributed by atoms with van der Waals surface area (Å²) in [6.07, 6.45) is 5.98. The predicted octanol–water partition coefficient (Wildman–Crippen LogP) is 2.78. The van der Waals surface area contributed by atoms with Gasteiger partial charge in [0, 0.05) is 33.4 Å². The van der Waals surface area contributed by atoms with Crippen LogP contribution in [-0.2, 0) is 18.3 Å². The number of ether oxygens (including phenoxy) is 1. The number of hydrogen-bond acceptors (Lipinski definition) is 4. The molecule has 0 amide bonds. The fourth-order valence-corrected chi connectivity index (χ4v) is 2.69. The van der Waals surface area contributed by atoms with Gasteiger partial charge < -0.3 is 19.9 Å². The van der Waals surface area contributed by atoms with Crippen LogP contribution in [-0.4, -0.2) is 47.0 Å². The van der Waals surface area contributed by atoms with E-state index in [1.54, 1.807) is 0 Å². The molecule has 0 aromatic carbocycles. The van der Waals surface area contributed by atoms with Crippen molar-refractivity contribution >= 4 is 29.9 Å². The van der Waals surface area contributed by atoms with Crippen molar-refractivity contribution in [1.29, 1.82) is 0 Å². The number of aliphatic imine (C=N–C) groups is 1. The summed E-state index contributed by atoms with van der Waals surface area (Å²) in [5.74, 6) is 2.66. The predicted molar refractivity (Wildman–Crippen MR) is 116 cm³/mol. The van der Waals surface area contributed by atoms with Crippen LogP contribution in [0.4, 0.5) is 0 Å². The summed E-state index contributed by atoms with van der Waals surface area (Å²) in [7, 11) is 1.98. The van der Waals surface area contributed by atoms with Gasteiger partial charge in [-0.25, -0.2) is 4.99 Å². The number of unbranched alkanes of at least 4 members (excludes halogenated alkanes) is 1. The highest BCUT2D eigenvalue weighted by Crippen LogP contribution is 2.48. The third-order valence-electron chi connectivity index (χ3n) is 4.95. The lowest BCUT2D eigenvalue weighted by molar-refractivity contribution is 0.128. The number of nitrogens with zero attached hydrogens (tertiary/aromatic N) is 4. The van der Waals surface area contributed by atoms with Crippen LogP contribution in [0.15, 0.2) is 4.99 Å². The van der Waals surface area contributed by atoms with E-state index in [-0.39, 0.29) is 24.0 Å². The maximum absolute atomic E-state index is 5.52. The van der Waals surface area contributed by atoms with Crippen LogP contribution in [0.2, 0.25) is 0 Å². The molecule has 1 fully saturated rings. The molecule has 1 saturated carbocycles. The Morgan fingerprint density at radius 3 is 2.62 bits per heavy atom. The van der Waals surface area contributed by atoms with Gasteiger partial charge in [0.2, 0.25) is 0 Å². The Balaban J connectivity index is 0.00000338. The Morgan fingerprint density at radius 1 is 1.27 bits per heavy atom. The molecular weight excluding hydrogens is 443 g/mol. The normalized spacial score (nSPS) is 15.5. The minimum Gasteiger partial charge on any atom is -0.382 e. The van der Waals surface area contributed by atoms with Crippen LogP contribution >= 0.6 is 24.0 Å². The first kappa shape index (κ1) is 23.1. The molecule has 2 N–H and O–H groups in total. The Kier molecular flexibility index (Phi) is 10.4. The van der Waals surface area contributed by atoms with E-state index in [9.17, 15) is 0 Å². The van der Waals surface area contributed by atoms with E-state index in [1.807, 2.05) is 18.5 Å². The molecule has 0 atom stereocenters. The fraction of sp³-hybridized carbons (Fsp3) is 0.833. The summed E-state index contributed by atoms with van der Waals surface area (Å²) < 4.78 is 7.51. The molecule has 0 spiro atoms. The Hall–Kier alpha value is -0.900. The van der Waals surface area contributed by atoms with Gasteiger partial charge in [0.1, 0.15) is 12.4 Å². The second-order valence-electron chi connectivity index (χ2n) is 6.97. The van der Waals surface area contributed by atoms with Gasteiger partial charge in [-0.05, 0) is 44.9 Å². The highest BCUT2D eigenvalue weighted by Gasteiger charge is 2.41. The largest absolute Gasteiger partial charge is 0.382 e. The van der Waals surface area contributed by atoms with Gasteiger partial charge >= 0.3 is 0 Å². The third-order valence-corrected chi connectivity index (χ3v) is 4.95. The van der Waals surface area contributed by atoms with Crippen molar-refractivity contribution in [3.8, 4) is 0 Å². The van der Waals surface area contributed by atoms with Crippen LogP contribution in [0.5, 0.6) is 0 Å². The summed E-state index contributed by atoms with van der Waals surface area (Å²) in [4.78, 5) is 4.71. The Morgan fingerprint density at radius 2 is 2.04 bits per heavy atom. The zero-order valence-electron chi connectivity index (χ0n) is 16.7. The third kappa shape index (κ3) is 7.38. The second-order valence-corrected chi connectivity index (χ2v) is 6.97. The highest BCUT2D eigenvalue weighted by molar-refractivity contribution is 14.0. The molecular formula is C18H35IN6O. The Bertz CT molecular complexity index is 556. The summed E-state index contributed by atoms with van der Waals surface area (Å²) in [6.45, 7) is 10.3. The summed E-state index contributed by atoms with van der Waals surface area (Å²) in [5.41, 5.74) is 0.393. The van der Waals surface area contributed by atoms with Crippen molar-refractivity contribution in [2.45, 2.75) is 59.4 Å². The monoisotopic (exact) mass is 478 g/mol. The number of aryl methyl sites for hydroxylation is 1. The first-order valence-corrected chi connectivity index (χ1v) is 9.55. The van der Waals surface area contributed by atoms with Gasteiger partial charge in [0.25, 0.3) is 0 Å². The molecule has 26 heavy (non-hydrogen) atoms. The first-order valence-electron chi connectivity index (χ1n) is 9.55. The number of rotatable bonds is 11. The van der Waals surface area contributed by atoms with E-state index >= 15 is 0 Å². The molecule has 1 heterocycles. The molecule has 150 valence electrons. The van der Waals surface area contributed by atoms with Gasteiger partial charge in [0.05, 0.1) is 0 Å². The van der Waals surface area contributed by atoms with Crippen molar-refractivity contribution in [3.05, 3.63) is 11.6 Å². The molecule has 0 bridgehead atoms. The SMILES string of the molecule is CCCCNC(=NCc1nnc(C)n1C)NCC1(CCOCC)CC1.I. The number of hydrogen-bond donors (Lipinski definition) is 2. The summed E-state index contributed by atoms with van der Waals surface area (Å²) in [5, 5.41) is 15.2. The van der Waals surface area contributed by atoms with Gasteiger partial charge in [0.15, 0.2) is 11.8 Å². The standard InChI is InChI=1S/C18H34N6O.HI/c1-5-7-11-19-17(20-13-16-23-22-15(3)24(16)4)21-14-18(8-9-18)10-12-25-6-2;/h5-14H2,1-4H3,(H2,19,20,21);1H. The van der Waals surface area contributed by atoms with Gasteiger partial charge in [-0.3, -0.25) is 0 Å². The van der Waals surface area contributed by atoms with Crippen LogP contribution in [0.3, 0.4) is 0 Å². The quantitative estimate of drug-likeness (QED) is 0.222. The van der Waals surface area contributed by atoms with Crippen molar-refractivity contribution in [2.24, 2.45) is 17.5 Å². The lowest BCUT2D eigenvalue weighted by atomic mass is 10.0. The molecule has 0 radical (unpaired) electrons. The fourth-order valence-electron chi connectivity index (χ4n) is 2.69. The van der Waals surface area contributed by atoms with Crippen molar-refractivity contribution in [3.63, 3.8) is 0 Å². The minimum atomic E-state index is 0. The van der Waals surface area contributed by atoms with E-state index in [0.29, 0.717) is 12.0 Å². The van der Waals surface area contributed by atoms with Gasteiger partial charge in [-0.1, -0.05) is 13.3 Å². The lowest BCUT2D eigenvalue weighted by Crippen LogP contribution is -2.41. The van der Waals surface area contributed by atoms with Crippen LogP contribution in [0.1, 0.15) is 57.6 Å². The zero-order chi connectivity index (χ0) is 18.1. The van der Waals surface area contributed by atoms with Crippen LogP contribution in [0, 0.1) is 12.3 Å². The average molecular weight is 478 g/mol. The van der Waals surface area contributed by atoms with E-state index in [1.165, 1.54) is 19.3 Å². The zero-order valence-corrected chi connectivity index (χ0v) is 19.0. The maximum Gasteiger partial charge on any atom is 0.191 e.